The van der Waals surface area contributed by atoms with Crippen LogP contribution in [0.2, 0.25) is 0 Å². The van der Waals surface area contributed by atoms with Crippen LogP contribution in [0.25, 0.3) is 0 Å². The largest absolute Gasteiger partial charge is 0.358 e. The molecule has 0 N–H and O–H groups in total. The van der Waals surface area contributed by atoms with E-state index < -0.39 is 0 Å². The van der Waals surface area contributed by atoms with Crippen molar-refractivity contribution in [3.05, 3.63) is 22.3 Å². The van der Waals surface area contributed by atoms with Crippen LogP contribution >= 0.6 is 0 Å². The van der Waals surface area contributed by atoms with E-state index in [0.29, 0.717) is 63.6 Å². The standard InChI is InChI=1S/3C3H6O.3C2H6I.3CH3/c3*1-3(2)4;3*1-3-2;;;/h3*1-2H3;3*1-2H3;3*1H3/q;;;3*+1;3*-1. The van der Waals surface area contributed by atoms with Crippen LogP contribution in [0.15, 0.2) is 0 Å². The third-order valence-corrected chi connectivity index (χ3v) is 0. The molecule has 0 radical (unpaired) electrons. The fraction of sp³-hybridized carbons (Fsp3) is 0.667. The van der Waals surface area contributed by atoms with Crippen molar-refractivity contribution in [2.45, 2.75) is 41.5 Å². The Bertz CT molecular complexity index is 153. The van der Waals surface area contributed by atoms with Crippen LogP contribution in [0, 0.1) is 22.3 Å². The molecule has 0 atom stereocenters. The second-order valence-electron chi connectivity index (χ2n) is 3.86. The van der Waals surface area contributed by atoms with Gasteiger partial charge >= 0.3 is 0 Å². The highest BCUT2D eigenvalue weighted by Gasteiger charge is 1.63. The Morgan fingerprint density at radius 1 is 0.417 bits per heavy atom. The van der Waals surface area contributed by atoms with Crippen molar-refractivity contribution in [2.75, 3.05) is 29.6 Å². The summed E-state index contributed by atoms with van der Waals surface area (Å²) in [5.41, 5.74) is 0. The van der Waals surface area contributed by atoms with Crippen molar-refractivity contribution in [2.24, 2.45) is 0 Å². The lowest BCUT2D eigenvalue weighted by molar-refractivity contribution is -0.597. The van der Waals surface area contributed by atoms with E-state index >= 15 is 0 Å². The predicted molar refractivity (Wildman–Crippen MR) is 104 cm³/mol. The highest BCUT2D eigenvalue weighted by atomic mass is 127. The zero-order valence-corrected chi connectivity index (χ0v) is 25.3. The molecule has 0 heterocycles. The molecule has 0 bridgehead atoms. The minimum absolute atomic E-state index is 0. The number of rotatable bonds is 0. The zero-order valence-electron chi connectivity index (χ0n) is 18.9. The molecule has 6 heteroatoms. The van der Waals surface area contributed by atoms with Crippen molar-refractivity contribution < 1.29 is 78.0 Å². The van der Waals surface area contributed by atoms with Crippen LogP contribution in [-0.2, 0) is 14.4 Å². The topological polar surface area (TPSA) is 51.2 Å². The Morgan fingerprint density at radius 3 is 0.417 bits per heavy atom. The lowest BCUT2D eigenvalue weighted by Crippen LogP contribution is -3.59. The third-order valence-electron chi connectivity index (χ3n) is 0. The van der Waals surface area contributed by atoms with Gasteiger partial charge in [0.1, 0.15) is 46.9 Å². The van der Waals surface area contributed by atoms with E-state index in [-0.39, 0.29) is 39.6 Å². The maximum absolute atomic E-state index is 9.44. The second kappa shape index (κ2) is 74.8. The van der Waals surface area contributed by atoms with Crippen LogP contribution < -0.4 is 63.6 Å². The van der Waals surface area contributed by atoms with E-state index in [1.807, 2.05) is 0 Å². The fourth-order valence-electron chi connectivity index (χ4n) is 0. The summed E-state index contributed by atoms with van der Waals surface area (Å²) in [4.78, 5) is 41.7. The number of carbonyl (C=O) groups excluding carboxylic acids is 3. The first-order valence-corrected chi connectivity index (χ1v) is 18.8. The Kier molecular flexibility index (Phi) is 175. The predicted octanol–water partition coefficient (Wildman–Crippen LogP) is -4.86. The molecule has 0 saturated carbocycles. The van der Waals surface area contributed by atoms with Gasteiger partial charge in [-0.1, -0.05) is 0 Å². The molecular formula is C18H45I3O3. The molecule has 0 aliphatic heterocycles. The Balaban J connectivity index is -0.0000000158. The van der Waals surface area contributed by atoms with Crippen LogP contribution in [0.4, 0.5) is 0 Å². The molecule has 3 nitrogen and oxygen atoms in total. The third kappa shape index (κ3) is 7940. The SMILES string of the molecule is CC(C)=O.CC(C)=O.CC(C)=O.C[I+]C.C[I+]C.C[I+]C.[CH3-].[CH3-].[CH3-]. The molecule has 156 valence electrons. The average Bonchev–Trinajstić information content (AvgIpc) is 2.16. The summed E-state index contributed by atoms with van der Waals surface area (Å²) in [6.07, 6.45) is 0. The lowest BCUT2D eigenvalue weighted by atomic mass is 10.6. The summed E-state index contributed by atoms with van der Waals surface area (Å²) in [7, 11) is 0. The lowest BCUT2D eigenvalue weighted by Gasteiger charge is -1.56. The number of ketones is 3. The van der Waals surface area contributed by atoms with Crippen LogP contribution in [0.3, 0.4) is 0 Å². The molecule has 0 rings (SSSR count). The van der Waals surface area contributed by atoms with Gasteiger partial charge in [0.25, 0.3) is 63.6 Å². The average molecular weight is 690 g/mol. The molecule has 0 spiro atoms. The monoisotopic (exact) mass is 690 g/mol. The van der Waals surface area contributed by atoms with E-state index in [9.17, 15) is 14.4 Å². The van der Waals surface area contributed by atoms with Gasteiger partial charge < -0.3 is 36.7 Å². The number of carbonyl (C=O) groups is 3. The number of hydrogen-bond donors (Lipinski definition) is 0. The van der Waals surface area contributed by atoms with E-state index in [1.165, 1.54) is 41.5 Å². The molecule has 0 saturated heterocycles. The van der Waals surface area contributed by atoms with E-state index in [4.69, 9.17) is 0 Å². The summed E-state index contributed by atoms with van der Waals surface area (Å²) in [5.74, 6) is 0.500. The normalized spacial score (nSPS) is 5.50. The minimum atomic E-state index is 0. The Labute approximate surface area is 187 Å². The Morgan fingerprint density at radius 2 is 0.417 bits per heavy atom. The Hall–Kier alpha value is 1.20. The van der Waals surface area contributed by atoms with Crippen molar-refractivity contribution in [1.29, 1.82) is 0 Å². The maximum atomic E-state index is 9.44. The molecule has 0 aromatic rings. The smallest absolute Gasteiger partial charge is 0.261 e. The van der Waals surface area contributed by atoms with E-state index in [2.05, 4.69) is 29.6 Å². The molecule has 0 aromatic carbocycles. The van der Waals surface area contributed by atoms with Crippen molar-refractivity contribution in [1.82, 2.24) is 0 Å². The van der Waals surface area contributed by atoms with Gasteiger partial charge in [0, 0.05) is 0 Å². The maximum Gasteiger partial charge on any atom is 0.261 e. The second-order valence-corrected chi connectivity index (χ2v) is 10.3. The van der Waals surface area contributed by atoms with E-state index in [0.717, 1.165) is 0 Å². The number of halogens is 3. The van der Waals surface area contributed by atoms with Crippen molar-refractivity contribution in [3.63, 3.8) is 0 Å². The molecule has 0 aromatic heterocycles. The molecule has 0 amide bonds. The molecule has 24 heavy (non-hydrogen) atoms. The first kappa shape index (κ1) is 56.2. The highest BCUT2D eigenvalue weighted by molar-refractivity contribution is 5.72. The molecule has 0 fully saturated rings. The number of hydrogen-bond acceptors (Lipinski definition) is 3. The minimum Gasteiger partial charge on any atom is -0.358 e. The molecule has 0 aliphatic rings. The first-order chi connectivity index (χ1) is 9.44. The van der Waals surface area contributed by atoms with Gasteiger partial charge in [0.15, 0.2) is 0 Å². The quantitative estimate of drug-likeness (QED) is 0.146. The van der Waals surface area contributed by atoms with Gasteiger partial charge in [-0.05, 0) is 41.5 Å². The number of alkyl halides is 6. The summed E-state index contributed by atoms with van der Waals surface area (Å²) in [6, 6.07) is 0. The summed E-state index contributed by atoms with van der Waals surface area (Å²) in [5, 5.41) is 0. The first-order valence-electron chi connectivity index (χ1n) is 5.88. The van der Waals surface area contributed by atoms with Crippen LogP contribution in [0.1, 0.15) is 41.5 Å². The summed E-state index contributed by atoms with van der Waals surface area (Å²) >= 11 is 1.77. The van der Waals surface area contributed by atoms with Gasteiger partial charge in [-0.2, -0.15) is 0 Å². The van der Waals surface area contributed by atoms with Gasteiger partial charge in [0.2, 0.25) is 0 Å². The van der Waals surface area contributed by atoms with Gasteiger partial charge in [0.05, 0.1) is 0 Å². The van der Waals surface area contributed by atoms with E-state index in [1.54, 1.807) is 0 Å². The summed E-state index contributed by atoms with van der Waals surface area (Å²) < 4.78 is 0. The van der Waals surface area contributed by atoms with Gasteiger partial charge in [-0.3, -0.25) is 0 Å². The zero-order chi connectivity index (χ0) is 18.9. The number of Topliss-reactive ketones (excluding diaryl/α,β-unsaturated/α-hetero) is 3. The van der Waals surface area contributed by atoms with Crippen molar-refractivity contribution >= 4 is 17.3 Å². The van der Waals surface area contributed by atoms with Gasteiger partial charge in [-0.15, -0.1) is 0 Å². The molecule has 0 aliphatic carbocycles. The van der Waals surface area contributed by atoms with Crippen molar-refractivity contribution in [3.8, 4) is 0 Å². The van der Waals surface area contributed by atoms with Crippen LogP contribution in [0.5, 0.6) is 0 Å². The molecule has 0 unspecified atom stereocenters. The molecular weight excluding hydrogens is 645 g/mol. The fourth-order valence-corrected chi connectivity index (χ4v) is 0. The highest BCUT2D eigenvalue weighted by Crippen LogP contribution is 1.51. The van der Waals surface area contributed by atoms with Gasteiger partial charge in [-0.25, -0.2) is 0 Å². The van der Waals surface area contributed by atoms with Crippen LogP contribution in [-0.4, -0.2) is 46.9 Å². The summed E-state index contributed by atoms with van der Waals surface area (Å²) in [6.45, 7) is 9.17.